The predicted octanol–water partition coefficient (Wildman–Crippen LogP) is 5.05. The van der Waals surface area contributed by atoms with Gasteiger partial charge in [0.25, 0.3) is 0 Å². The lowest BCUT2D eigenvalue weighted by molar-refractivity contribution is 0.239. The fraction of sp³-hybridized carbons (Fsp3) is 0.250. The molecule has 0 bridgehead atoms. The molecule has 0 saturated heterocycles. The van der Waals surface area contributed by atoms with Crippen LogP contribution in [0.1, 0.15) is 31.0 Å². The zero-order chi connectivity index (χ0) is 14.7. The topological polar surface area (TPSA) is 35.2 Å². The van der Waals surface area contributed by atoms with E-state index in [-0.39, 0.29) is 12.1 Å². The van der Waals surface area contributed by atoms with Crippen LogP contribution in [0.25, 0.3) is 0 Å². The number of rotatable bonds is 4. The SMILES string of the molecule is CC(C)Oc1ccccc1C(N)c1cc(Br)cc(Br)c1. The summed E-state index contributed by atoms with van der Waals surface area (Å²) < 4.78 is 7.84. The van der Waals surface area contributed by atoms with Crippen molar-refractivity contribution < 1.29 is 4.74 Å². The molecule has 0 aliphatic carbocycles. The third-order valence-corrected chi connectivity index (χ3v) is 3.78. The quantitative estimate of drug-likeness (QED) is 0.782. The third kappa shape index (κ3) is 3.84. The predicted molar refractivity (Wildman–Crippen MR) is 90.1 cm³/mol. The summed E-state index contributed by atoms with van der Waals surface area (Å²) in [6.45, 7) is 4.02. The molecule has 0 heterocycles. The van der Waals surface area contributed by atoms with Gasteiger partial charge in [0, 0.05) is 14.5 Å². The second-order valence-corrected chi connectivity index (χ2v) is 6.72. The van der Waals surface area contributed by atoms with Gasteiger partial charge in [0.05, 0.1) is 12.1 Å². The van der Waals surface area contributed by atoms with E-state index in [0.717, 1.165) is 25.8 Å². The smallest absolute Gasteiger partial charge is 0.124 e. The third-order valence-electron chi connectivity index (χ3n) is 2.86. The van der Waals surface area contributed by atoms with Gasteiger partial charge in [-0.1, -0.05) is 50.1 Å². The molecule has 0 saturated carbocycles. The lowest BCUT2D eigenvalue weighted by Crippen LogP contribution is -2.15. The van der Waals surface area contributed by atoms with E-state index in [4.69, 9.17) is 10.5 Å². The minimum atomic E-state index is -0.223. The molecular formula is C16H17Br2NO. The molecule has 1 atom stereocenters. The van der Waals surface area contributed by atoms with Crippen molar-refractivity contribution in [2.75, 3.05) is 0 Å². The van der Waals surface area contributed by atoms with Crippen LogP contribution in [-0.2, 0) is 0 Å². The Bertz CT molecular complexity index is 579. The van der Waals surface area contributed by atoms with Crippen molar-refractivity contribution in [1.82, 2.24) is 0 Å². The fourth-order valence-electron chi connectivity index (χ4n) is 2.03. The Morgan fingerprint density at radius 2 is 1.60 bits per heavy atom. The monoisotopic (exact) mass is 397 g/mol. The van der Waals surface area contributed by atoms with Crippen molar-refractivity contribution in [2.24, 2.45) is 5.73 Å². The van der Waals surface area contributed by atoms with Crippen molar-refractivity contribution >= 4 is 31.9 Å². The normalized spacial score (nSPS) is 12.5. The van der Waals surface area contributed by atoms with Crippen LogP contribution in [-0.4, -0.2) is 6.10 Å². The van der Waals surface area contributed by atoms with E-state index in [9.17, 15) is 0 Å². The molecule has 0 aliphatic rings. The number of ether oxygens (including phenoxy) is 1. The first-order chi connectivity index (χ1) is 9.47. The van der Waals surface area contributed by atoms with Gasteiger partial charge in [-0.25, -0.2) is 0 Å². The molecule has 0 aromatic heterocycles. The zero-order valence-electron chi connectivity index (χ0n) is 11.4. The highest BCUT2D eigenvalue weighted by atomic mass is 79.9. The lowest BCUT2D eigenvalue weighted by atomic mass is 9.99. The summed E-state index contributed by atoms with van der Waals surface area (Å²) >= 11 is 6.99. The van der Waals surface area contributed by atoms with Crippen molar-refractivity contribution in [3.05, 3.63) is 62.5 Å². The fourth-order valence-corrected chi connectivity index (χ4v) is 3.36. The van der Waals surface area contributed by atoms with Crippen LogP contribution in [0, 0.1) is 0 Å². The van der Waals surface area contributed by atoms with Gasteiger partial charge in [-0.05, 0) is 43.7 Å². The van der Waals surface area contributed by atoms with Crippen LogP contribution < -0.4 is 10.5 Å². The van der Waals surface area contributed by atoms with Crippen LogP contribution in [0.2, 0.25) is 0 Å². The maximum absolute atomic E-state index is 6.41. The van der Waals surface area contributed by atoms with Gasteiger partial charge in [0.15, 0.2) is 0 Å². The van der Waals surface area contributed by atoms with Crippen LogP contribution in [0.3, 0.4) is 0 Å². The maximum Gasteiger partial charge on any atom is 0.124 e. The van der Waals surface area contributed by atoms with Crippen molar-refractivity contribution in [3.8, 4) is 5.75 Å². The van der Waals surface area contributed by atoms with Crippen LogP contribution >= 0.6 is 31.9 Å². The number of hydrogen-bond donors (Lipinski definition) is 1. The molecule has 2 N–H and O–H groups in total. The minimum Gasteiger partial charge on any atom is -0.491 e. The molecule has 0 spiro atoms. The highest BCUT2D eigenvalue weighted by Gasteiger charge is 2.15. The van der Waals surface area contributed by atoms with Gasteiger partial charge < -0.3 is 10.5 Å². The Labute approximate surface area is 136 Å². The molecule has 2 nitrogen and oxygen atoms in total. The molecule has 0 fully saturated rings. The Morgan fingerprint density at radius 3 is 2.20 bits per heavy atom. The molecule has 1 unspecified atom stereocenters. The molecule has 106 valence electrons. The molecule has 0 radical (unpaired) electrons. The standard InChI is InChI=1S/C16H17Br2NO/c1-10(2)20-15-6-4-3-5-14(15)16(19)11-7-12(17)9-13(18)8-11/h3-10,16H,19H2,1-2H3. The second-order valence-electron chi connectivity index (χ2n) is 4.88. The first-order valence-electron chi connectivity index (χ1n) is 6.44. The van der Waals surface area contributed by atoms with E-state index in [1.807, 2.05) is 56.3 Å². The number of nitrogens with two attached hydrogens (primary N) is 1. The molecular weight excluding hydrogens is 382 g/mol. The minimum absolute atomic E-state index is 0.123. The summed E-state index contributed by atoms with van der Waals surface area (Å²) in [6, 6.07) is 13.7. The average molecular weight is 399 g/mol. The van der Waals surface area contributed by atoms with Crippen molar-refractivity contribution in [1.29, 1.82) is 0 Å². The zero-order valence-corrected chi connectivity index (χ0v) is 14.6. The second kappa shape index (κ2) is 6.74. The van der Waals surface area contributed by atoms with E-state index in [1.165, 1.54) is 0 Å². The van der Waals surface area contributed by atoms with Gasteiger partial charge in [-0.2, -0.15) is 0 Å². The molecule has 0 amide bonds. The largest absolute Gasteiger partial charge is 0.491 e. The Hall–Kier alpha value is -0.840. The van der Waals surface area contributed by atoms with E-state index in [1.54, 1.807) is 0 Å². The van der Waals surface area contributed by atoms with Gasteiger partial charge in [-0.3, -0.25) is 0 Å². The molecule has 2 aromatic carbocycles. The molecule has 2 aromatic rings. The van der Waals surface area contributed by atoms with Gasteiger partial charge in [0.2, 0.25) is 0 Å². The van der Waals surface area contributed by atoms with Crippen LogP contribution in [0.4, 0.5) is 0 Å². The van der Waals surface area contributed by atoms with E-state index in [0.29, 0.717) is 0 Å². The summed E-state index contributed by atoms with van der Waals surface area (Å²) in [6.07, 6.45) is 0.123. The van der Waals surface area contributed by atoms with E-state index in [2.05, 4.69) is 31.9 Å². The molecule has 4 heteroatoms. The number of para-hydroxylation sites is 1. The van der Waals surface area contributed by atoms with Gasteiger partial charge in [-0.15, -0.1) is 0 Å². The Kier molecular flexibility index (Phi) is 5.24. The highest BCUT2D eigenvalue weighted by molar-refractivity contribution is 9.11. The maximum atomic E-state index is 6.41. The number of benzene rings is 2. The van der Waals surface area contributed by atoms with Crippen LogP contribution in [0.5, 0.6) is 5.75 Å². The Morgan fingerprint density at radius 1 is 1.00 bits per heavy atom. The summed E-state index contributed by atoms with van der Waals surface area (Å²) in [5, 5.41) is 0. The summed E-state index contributed by atoms with van der Waals surface area (Å²) in [4.78, 5) is 0. The summed E-state index contributed by atoms with van der Waals surface area (Å²) in [7, 11) is 0. The van der Waals surface area contributed by atoms with Crippen molar-refractivity contribution in [3.63, 3.8) is 0 Å². The first-order valence-corrected chi connectivity index (χ1v) is 8.03. The summed E-state index contributed by atoms with van der Waals surface area (Å²) in [5.74, 6) is 0.839. The lowest BCUT2D eigenvalue weighted by Gasteiger charge is -2.19. The number of hydrogen-bond acceptors (Lipinski definition) is 2. The van der Waals surface area contributed by atoms with Gasteiger partial charge >= 0.3 is 0 Å². The van der Waals surface area contributed by atoms with Crippen molar-refractivity contribution in [2.45, 2.75) is 26.0 Å². The Balaban J connectivity index is 2.39. The van der Waals surface area contributed by atoms with E-state index >= 15 is 0 Å². The molecule has 0 aliphatic heterocycles. The summed E-state index contributed by atoms with van der Waals surface area (Å²) in [5.41, 5.74) is 8.43. The van der Waals surface area contributed by atoms with E-state index < -0.39 is 0 Å². The number of halogens is 2. The highest BCUT2D eigenvalue weighted by Crippen LogP contribution is 2.31. The average Bonchev–Trinajstić information content (AvgIpc) is 2.36. The van der Waals surface area contributed by atoms with Crippen LogP contribution in [0.15, 0.2) is 51.4 Å². The first kappa shape index (κ1) is 15.5. The van der Waals surface area contributed by atoms with Gasteiger partial charge in [0.1, 0.15) is 5.75 Å². The molecule has 20 heavy (non-hydrogen) atoms. The molecule has 2 rings (SSSR count).